The lowest BCUT2D eigenvalue weighted by molar-refractivity contribution is -0.120. The smallest absolute Gasteiger partial charge is 0.224 e. The molecule has 0 atom stereocenters. The highest BCUT2D eigenvalue weighted by molar-refractivity contribution is 6.30. The van der Waals surface area contributed by atoms with Crippen molar-refractivity contribution in [2.45, 2.75) is 13.0 Å². The lowest BCUT2D eigenvalue weighted by Gasteiger charge is -2.14. The first-order chi connectivity index (χ1) is 11.6. The van der Waals surface area contributed by atoms with Crippen LogP contribution in [-0.2, 0) is 17.8 Å². The summed E-state index contributed by atoms with van der Waals surface area (Å²) in [7, 11) is 4.66. The molecule has 0 aliphatic rings. The number of halogens is 1. The van der Waals surface area contributed by atoms with Gasteiger partial charge in [0.15, 0.2) is 11.5 Å². The molecule has 2 aromatic rings. The molecule has 0 aliphatic carbocycles. The zero-order valence-electron chi connectivity index (χ0n) is 13.9. The second-order valence-electron chi connectivity index (χ2n) is 5.11. The van der Waals surface area contributed by atoms with Crippen LogP contribution in [0.3, 0.4) is 0 Å². The quantitative estimate of drug-likeness (QED) is 0.833. The van der Waals surface area contributed by atoms with Gasteiger partial charge in [-0.3, -0.25) is 4.79 Å². The molecule has 5 nitrogen and oxygen atoms in total. The molecular weight excluding hydrogens is 330 g/mol. The summed E-state index contributed by atoms with van der Waals surface area (Å²) in [5.41, 5.74) is 1.76. The highest BCUT2D eigenvalue weighted by Crippen LogP contribution is 2.38. The van der Waals surface area contributed by atoms with Crippen molar-refractivity contribution in [3.8, 4) is 17.2 Å². The van der Waals surface area contributed by atoms with E-state index < -0.39 is 0 Å². The number of methoxy groups -OCH3 is 3. The fourth-order valence-electron chi connectivity index (χ4n) is 2.29. The molecule has 2 rings (SSSR count). The first kappa shape index (κ1) is 17.9. The van der Waals surface area contributed by atoms with Gasteiger partial charge in [-0.1, -0.05) is 23.7 Å². The molecule has 0 saturated carbocycles. The highest BCUT2D eigenvalue weighted by atomic mass is 35.5. The summed E-state index contributed by atoms with van der Waals surface area (Å²) in [6, 6.07) is 10.8. The van der Waals surface area contributed by atoms with Gasteiger partial charge in [0.2, 0.25) is 11.7 Å². The van der Waals surface area contributed by atoms with Gasteiger partial charge in [-0.25, -0.2) is 0 Å². The Hall–Kier alpha value is -2.40. The van der Waals surface area contributed by atoms with Crippen molar-refractivity contribution in [1.82, 2.24) is 5.32 Å². The zero-order chi connectivity index (χ0) is 17.5. The van der Waals surface area contributed by atoms with Crippen LogP contribution in [0.2, 0.25) is 5.02 Å². The van der Waals surface area contributed by atoms with Crippen molar-refractivity contribution in [2.75, 3.05) is 21.3 Å². The molecule has 2 aromatic carbocycles. The SMILES string of the molecule is COc1cc(CNC(=O)Cc2ccc(Cl)cc2)cc(OC)c1OC. The van der Waals surface area contributed by atoms with E-state index in [1.165, 1.54) is 0 Å². The van der Waals surface area contributed by atoms with Gasteiger partial charge in [0.25, 0.3) is 0 Å². The van der Waals surface area contributed by atoms with Gasteiger partial charge in [-0.15, -0.1) is 0 Å². The molecule has 0 radical (unpaired) electrons. The summed E-state index contributed by atoms with van der Waals surface area (Å²) >= 11 is 5.84. The number of rotatable bonds is 7. The van der Waals surface area contributed by atoms with Crippen LogP contribution in [0.5, 0.6) is 17.2 Å². The van der Waals surface area contributed by atoms with Crippen molar-refractivity contribution < 1.29 is 19.0 Å². The summed E-state index contributed by atoms with van der Waals surface area (Å²) in [5.74, 6) is 1.56. The molecule has 0 unspecified atom stereocenters. The summed E-state index contributed by atoms with van der Waals surface area (Å²) in [6.07, 6.45) is 0.293. The highest BCUT2D eigenvalue weighted by Gasteiger charge is 2.13. The van der Waals surface area contributed by atoms with E-state index >= 15 is 0 Å². The lowest BCUT2D eigenvalue weighted by Crippen LogP contribution is -2.24. The average Bonchev–Trinajstić information content (AvgIpc) is 2.60. The minimum absolute atomic E-state index is 0.0777. The van der Waals surface area contributed by atoms with Crippen LogP contribution in [-0.4, -0.2) is 27.2 Å². The number of ether oxygens (including phenoxy) is 3. The third-order valence-corrected chi connectivity index (χ3v) is 3.74. The van der Waals surface area contributed by atoms with Gasteiger partial charge in [-0.2, -0.15) is 0 Å². The Labute approximate surface area is 146 Å². The summed E-state index contributed by atoms with van der Waals surface area (Å²) in [4.78, 5) is 12.1. The van der Waals surface area contributed by atoms with E-state index in [4.69, 9.17) is 25.8 Å². The van der Waals surface area contributed by atoms with Gasteiger partial charge in [0, 0.05) is 11.6 Å². The van der Waals surface area contributed by atoms with Crippen LogP contribution in [0.15, 0.2) is 36.4 Å². The topological polar surface area (TPSA) is 56.8 Å². The van der Waals surface area contributed by atoms with E-state index in [0.717, 1.165) is 11.1 Å². The molecular formula is C18H20ClNO4. The Bertz CT molecular complexity index is 676. The number of hydrogen-bond donors (Lipinski definition) is 1. The Kier molecular flexibility index (Phi) is 6.32. The Morgan fingerprint density at radius 2 is 1.54 bits per heavy atom. The maximum atomic E-state index is 12.1. The van der Waals surface area contributed by atoms with Crippen LogP contribution >= 0.6 is 11.6 Å². The number of benzene rings is 2. The van der Waals surface area contributed by atoms with Crippen LogP contribution in [0.25, 0.3) is 0 Å². The second-order valence-corrected chi connectivity index (χ2v) is 5.55. The van der Waals surface area contributed by atoms with Gasteiger partial charge >= 0.3 is 0 Å². The van der Waals surface area contributed by atoms with Crippen molar-refractivity contribution in [3.63, 3.8) is 0 Å². The van der Waals surface area contributed by atoms with Gasteiger partial charge in [0.05, 0.1) is 27.8 Å². The van der Waals surface area contributed by atoms with E-state index in [0.29, 0.717) is 35.2 Å². The van der Waals surface area contributed by atoms with Crippen LogP contribution in [0.1, 0.15) is 11.1 Å². The van der Waals surface area contributed by atoms with Crippen molar-refractivity contribution in [3.05, 3.63) is 52.5 Å². The molecule has 24 heavy (non-hydrogen) atoms. The van der Waals surface area contributed by atoms with E-state index in [9.17, 15) is 4.79 Å². The van der Waals surface area contributed by atoms with Gasteiger partial charge in [-0.05, 0) is 35.4 Å². The van der Waals surface area contributed by atoms with Crippen molar-refractivity contribution in [1.29, 1.82) is 0 Å². The van der Waals surface area contributed by atoms with Crippen LogP contribution in [0, 0.1) is 0 Å². The van der Waals surface area contributed by atoms with E-state index in [-0.39, 0.29) is 5.91 Å². The van der Waals surface area contributed by atoms with Gasteiger partial charge < -0.3 is 19.5 Å². The molecule has 128 valence electrons. The minimum atomic E-state index is -0.0777. The number of carbonyl (C=O) groups is 1. The summed E-state index contributed by atoms with van der Waals surface area (Å²) in [6.45, 7) is 0.364. The molecule has 1 amide bonds. The maximum Gasteiger partial charge on any atom is 0.224 e. The average molecular weight is 350 g/mol. The molecule has 0 spiro atoms. The van der Waals surface area contributed by atoms with Crippen LogP contribution in [0.4, 0.5) is 0 Å². The number of hydrogen-bond acceptors (Lipinski definition) is 4. The fraction of sp³-hybridized carbons (Fsp3) is 0.278. The normalized spacial score (nSPS) is 10.2. The largest absolute Gasteiger partial charge is 0.493 e. The molecule has 6 heteroatoms. The van der Waals surface area contributed by atoms with Crippen molar-refractivity contribution >= 4 is 17.5 Å². The maximum absolute atomic E-state index is 12.1. The second kappa shape index (κ2) is 8.45. The molecule has 0 fully saturated rings. The van der Waals surface area contributed by atoms with Gasteiger partial charge in [0.1, 0.15) is 0 Å². The fourth-order valence-corrected chi connectivity index (χ4v) is 2.41. The molecule has 0 bridgehead atoms. The first-order valence-electron chi connectivity index (χ1n) is 7.37. The molecule has 0 aromatic heterocycles. The summed E-state index contributed by atoms with van der Waals surface area (Å²) < 4.78 is 15.9. The third-order valence-electron chi connectivity index (χ3n) is 3.49. The van der Waals surface area contributed by atoms with E-state index in [2.05, 4.69) is 5.32 Å². The third kappa shape index (κ3) is 4.55. The minimum Gasteiger partial charge on any atom is -0.493 e. The lowest BCUT2D eigenvalue weighted by atomic mass is 10.1. The first-order valence-corrected chi connectivity index (χ1v) is 7.75. The van der Waals surface area contributed by atoms with Crippen molar-refractivity contribution in [2.24, 2.45) is 0 Å². The molecule has 0 heterocycles. The van der Waals surface area contributed by atoms with E-state index in [1.807, 2.05) is 24.3 Å². The summed E-state index contributed by atoms with van der Waals surface area (Å²) in [5, 5.41) is 3.53. The Balaban J connectivity index is 2.03. The monoisotopic (exact) mass is 349 g/mol. The van der Waals surface area contributed by atoms with Crippen LogP contribution < -0.4 is 19.5 Å². The zero-order valence-corrected chi connectivity index (χ0v) is 14.6. The Morgan fingerprint density at radius 1 is 0.958 bits per heavy atom. The predicted octanol–water partition coefficient (Wildman–Crippen LogP) is 3.22. The molecule has 0 saturated heterocycles. The standard InChI is InChI=1S/C18H20ClNO4/c1-22-15-8-13(9-16(23-2)18(15)24-3)11-20-17(21)10-12-4-6-14(19)7-5-12/h4-9H,10-11H2,1-3H3,(H,20,21). The molecule has 0 aliphatic heterocycles. The Morgan fingerprint density at radius 3 is 2.04 bits per heavy atom. The van der Waals surface area contributed by atoms with E-state index in [1.54, 1.807) is 33.5 Å². The number of amides is 1. The molecule has 1 N–H and O–H groups in total. The predicted molar refractivity (Wildman–Crippen MR) is 93.1 cm³/mol. The number of nitrogens with one attached hydrogen (secondary N) is 1. The number of carbonyl (C=O) groups excluding carboxylic acids is 1.